The maximum absolute atomic E-state index is 13.1. The van der Waals surface area contributed by atoms with Crippen molar-refractivity contribution in [3.05, 3.63) is 96.4 Å². The number of hydrogen-bond donors (Lipinski definition) is 0. The summed E-state index contributed by atoms with van der Waals surface area (Å²) >= 11 is 1.13. The monoisotopic (exact) mass is 436 g/mol. The van der Waals surface area contributed by atoms with Gasteiger partial charge < -0.3 is 4.90 Å². The summed E-state index contributed by atoms with van der Waals surface area (Å²) in [5.41, 5.74) is 2.07. The minimum atomic E-state index is -0.485. The van der Waals surface area contributed by atoms with Gasteiger partial charge in [0.25, 0.3) is 11.1 Å². The molecule has 0 bridgehead atoms. The standard InChI is InChI=1S/C23H21FN4O2S/c1-3-27(4-2)18-11-7-16(8-12-18)14-20-22(30)28-23(31-20)25-21(29)19(26-28)13-15-5-9-17(24)10-6-15/h5-12,14H,3-4,13H2,1-2H3/b20-14-. The van der Waals surface area contributed by atoms with E-state index in [0.717, 1.165) is 41.2 Å². The summed E-state index contributed by atoms with van der Waals surface area (Å²) in [6.07, 6.45) is 1.95. The Labute approximate surface area is 181 Å². The van der Waals surface area contributed by atoms with Gasteiger partial charge in [0.2, 0.25) is 4.96 Å². The maximum Gasteiger partial charge on any atom is 0.296 e. The molecule has 0 spiro atoms. The summed E-state index contributed by atoms with van der Waals surface area (Å²) in [7, 11) is 0. The lowest BCUT2D eigenvalue weighted by Crippen LogP contribution is -2.28. The maximum atomic E-state index is 13.1. The Kier molecular flexibility index (Phi) is 5.90. The Bertz CT molecular complexity index is 1370. The Balaban J connectivity index is 1.70. The summed E-state index contributed by atoms with van der Waals surface area (Å²) in [4.78, 5) is 31.7. The number of aromatic nitrogens is 3. The molecule has 31 heavy (non-hydrogen) atoms. The van der Waals surface area contributed by atoms with Crippen molar-refractivity contribution in [1.29, 1.82) is 0 Å². The van der Waals surface area contributed by atoms with Crippen LogP contribution in [0.15, 0.2) is 58.1 Å². The normalized spacial score (nSPS) is 11.9. The van der Waals surface area contributed by atoms with Gasteiger partial charge in [-0.25, -0.2) is 4.39 Å². The molecule has 6 nitrogen and oxygen atoms in total. The van der Waals surface area contributed by atoms with E-state index < -0.39 is 5.56 Å². The summed E-state index contributed by atoms with van der Waals surface area (Å²) in [6, 6.07) is 13.8. The Hall–Kier alpha value is -3.39. The minimum absolute atomic E-state index is 0.147. The molecular weight excluding hydrogens is 415 g/mol. The number of fused-ring (bicyclic) bond motifs is 1. The van der Waals surface area contributed by atoms with Crippen molar-refractivity contribution < 1.29 is 4.39 Å². The van der Waals surface area contributed by atoms with Gasteiger partial charge in [-0.1, -0.05) is 35.6 Å². The van der Waals surface area contributed by atoms with Crippen LogP contribution in [0.5, 0.6) is 0 Å². The lowest BCUT2D eigenvalue weighted by Gasteiger charge is -2.20. The fourth-order valence-corrected chi connectivity index (χ4v) is 4.27. The first-order valence-electron chi connectivity index (χ1n) is 10.0. The molecule has 158 valence electrons. The van der Waals surface area contributed by atoms with Crippen LogP contribution >= 0.6 is 11.3 Å². The molecule has 0 amide bonds. The Morgan fingerprint density at radius 3 is 2.35 bits per heavy atom. The zero-order chi connectivity index (χ0) is 22.0. The van der Waals surface area contributed by atoms with Gasteiger partial charge in [0.05, 0.1) is 4.53 Å². The van der Waals surface area contributed by atoms with Gasteiger partial charge in [0.15, 0.2) is 0 Å². The van der Waals surface area contributed by atoms with Crippen molar-refractivity contribution in [1.82, 2.24) is 14.6 Å². The first-order chi connectivity index (χ1) is 15.0. The van der Waals surface area contributed by atoms with Crippen molar-refractivity contribution in [2.75, 3.05) is 18.0 Å². The van der Waals surface area contributed by atoms with Gasteiger partial charge in [-0.15, -0.1) is 0 Å². The van der Waals surface area contributed by atoms with E-state index in [0.29, 0.717) is 4.53 Å². The third-order valence-corrected chi connectivity index (χ3v) is 6.01. The molecule has 0 atom stereocenters. The van der Waals surface area contributed by atoms with Crippen LogP contribution in [-0.4, -0.2) is 27.7 Å². The number of halogens is 1. The van der Waals surface area contributed by atoms with Crippen molar-refractivity contribution in [2.24, 2.45) is 0 Å². The van der Waals surface area contributed by atoms with Crippen LogP contribution in [0.1, 0.15) is 30.7 Å². The molecular formula is C23H21FN4O2S. The lowest BCUT2D eigenvalue weighted by atomic mass is 10.1. The van der Waals surface area contributed by atoms with Crippen molar-refractivity contribution >= 4 is 28.1 Å². The summed E-state index contributed by atoms with van der Waals surface area (Å²) < 4.78 is 14.7. The van der Waals surface area contributed by atoms with E-state index in [9.17, 15) is 14.0 Å². The fourth-order valence-electron chi connectivity index (χ4n) is 3.37. The molecule has 0 N–H and O–H groups in total. The van der Waals surface area contributed by atoms with Gasteiger partial charge in [-0.3, -0.25) is 9.59 Å². The van der Waals surface area contributed by atoms with Crippen LogP contribution in [-0.2, 0) is 6.42 Å². The average Bonchev–Trinajstić information content (AvgIpc) is 3.06. The van der Waals surface area contributed by atoms with Crippen LogP contribution < -0.4 is 20.6 Å². The minimum Gasteiger partial charge on any atom is -0.372 e. The number of benzene rings is 2. The fraction of sp³-hybridized carbons (Fsp3) is 0.217. The van der Waals surface area contributed by atoms with E-state index in [1.807, 2.05) is 24.3 Å². The Morgan fingerprint density at radius 1 is 1.03 bits per heavy atom. The van der Waals surface area contributed by atoms with E-state index in [1.54, 1.807) is 18.2 Å². The number of hydrogen-bond acceptors (Lipinski definition) is 6. The topological polar surface area (TPSA) is 67.6 Å². The van der Waals surface area contributed by atoms with Crippen LogP contribution in [0, 0.1) is 5.82 Å². The summed E-state index contributed by atoms with van der Waals surface area (Å²) in [5.74, 6) is -0.355. The highest BCUT2D eigenvalue weighted by Crippen LogP contribution is 2.15. The molecule has 0 unspecified atom stereocenters. The molecule has 0 aliphatic carbocycles. The number of anilines is 1. The second-order valence-corrected chi connectivity index (χ2v) is 8.05. The molecule has 8 heteroatoms. The van der Waals surface area contributed by atoms with E-state index in [4.69, 9.17) is 0 Å². The molecule has 2 heterocycles. The summed E-state index contributed by atoms with van der Waals surface area (Å²) in [6.45, 7) is 6.06. The highest BCUT2D eigenvalue weighted by molar-refractivity contribution is 7.15. The van der Waals surface area contributed by atoms with Gasteiger partial charge in [0, 0.05) is 25.2 Å². The SMILES string of the molecule is CCN(CC)c1ccc(/C=c2\sc3nc(=O)c(Cc4ccc(F)cc4)nn3c2=O)cc1. The van der Waals surface area contributed by atoms with E-state index in [2.05, 4.69) is 28.8 Å². The molecule has 0 fully saturated rings. The quantitative estimate of drug-likeness (QED) is 0.465. The second-order valence-electron chi connectivity index (χ2n) is 7.04. The number of rotatable bonds is 6. The highest BCUT2D eigenvalue weighted by atomic mass is 32.1. The lowest BCUT2D eigenvalue weighted by molar-refractivity contribution is 0.627. The van der Waals surface area contributed by atoms with Crippen LogP contribution in [0.2, 0.25) is 0 Å². The molecule has 4 rings (SSSR count). The highest BCUT2D eigenvalue weighted by Gasteiger charge is 2.12. The van der Waals surface area contributed by atoms with Crippen LogP contribution in [0.4, 0.5) is 10.1 Å². The zero-order valence-electron chi connectivity index (χ0n) is 17.2. The predicted octanol–water partition coefficient (Wildman–Crippen LogP) is 2.64. The van der Waals surface area contributed by atoms with Gasteiger partial charge >= 0.3 is 0 Å². The van der Waals surface area contributed by atoms with Gasteiger partial charge in [0.1, 0.15) is 11.5 Å². The number of thiazole rings is 1. The van der Waals surface area contributed by atoms with Crippen LogP contribution in [0.25, 0.3) is 11.0 Å². The van der Waals surface area contributed by atoms with Crippen molar-refractivity contribution in [2.45, 2.75) is 20.3 Å². The predicted molar refractivity (Wildman–Crippen MR) is 121 cm³/mol. The molecule has 0 saturated carbocycles. The third kappa shape index (κ3) is 4.39. The molecule has 0 aliphatic rings. The van der Waals surface area contributed by atoms with E-state index in [-0.39, 0.29) is 28.5 Å². The molecule has 2 aromatic carbocycles. The zero-order valence-corrected chi connectivity index (χ0v) is 18.0. The molecule has 0 radical (unpaired) electrons. The van der Waals surface area contributed by atoms with Gasteiger partial charge in [-0.05, 0) is 55.3 Å². The number of nitrogens with zero attached hydrogens (tertiary/aromatic N) is 4. The molecule has 0 saturated heterocycles. The first-order valence-corrected chi connectivity index (χ1v) is 10.8. The average molecular weight is 437 g/mol. The van der Waals surface area contributed by atoms with Crippen LogP contribution in [0.3, 0.4) is 0 Å². The first kappa shape index (κ1) is 20.9. The van der Waals surface area contributed by atoms with Crippen molar-refractivity contribution in [3.63, 3.8) is 0 Å². The van der Waals surface area contributed by atoms with Gasteiger partial charge in [-0.2, -0.15) is 14.6 Å². The van der Waals surface area contributed by atoms with Crippen molar-refractivity contribution in [3.8, 4) is 0 Å². The van der Waals surface area contributed by atoms with E-state index in [1.165, 1.54) is 16.6 Å². The summed E-state index contributed by atoms with van der Waals surface area (Å²) in [5, 5.41) is 4.23. The molecule has 4 aromatic rings. The third-order valence-electron chi connectivity index (χ3n) is 5.05. The Morgan fingerprint density at radius 2 is 1.71 bits per heavy atom. The van der Waals surface area contributed by atoms with E-state index >= 15 is 0 Å². The molecule has 0 aliphatic heterocycles. The smallest absolute Gasteiger partial charge is 0.296 e. The largest absolute Gasteiger partial charge is 0.372 e. The molecule has 2 aromatic heterocycles. The second kappa shape index (κ2) is 8.77.